The van der Waals surface area contributed by atoms with E-state index < -0.39 is 0 Å². The van der Waals surface area contributed by atoms with Gasteiger partial charge >= 0.3 is 0 Å². The zero-order valence-corrected chi connectivity index (χ0v) is 23.6. The van der Waals surface area contributed by atoms with E-state index in [4.69, 9.17) is 11.6 Å². The summed E-state index contributed by atoms with van der Waals surface area (Å²) in [5.41, 5.74) is 4.56. The minimum atomic E-state index is 0.0859. The minimum absolute atomic E-state index is 0.0859. The van der Waals surface area contributed by atoms with Crippen molar-refractivity contribution < 1.29 is 4.79 Å². The van der Waals surface area contributed by atoms with E-state index in [0.717, 1.165) is 40.8 Å². The Labute approximate surface area is 230 Å². The second-order valence-electron chi connectivity index (χ2n) is 10.5. The molecule has 0 aliphatic rings. The number of nitrogens with one attached hydrogen (secondary N) is 1. The fourth-order valence-electron chi connectivity index (χ4n) is 5.19. The number of halogens is 1. The molecule has 0 spiro atoms. The third kappa shape index (κ3) is 10.2. The van der Waals surface area contributed by atoms with Gasteiger partial charge in [0.1, 0.15) is 0 Å². The topological polar surface area (TPSA) is 32.9 Å². The molecule has 2 nitrogen and oxygen atoms in total. The number of rotatable bonds is 19. The first kappa shape index (κ1) is 29.2. The summed E-state index contributed by atoms with van der Waals surface area (Å²) in [6, 6.07) is 17.4. The van der Waals surface area contributed by atoms with Gasteiger partial charge in [0.2, 0.25) is 0 Å². The number of unbranched alkanes of at least 4 members (excludes halogenated alkanes) is 14. The second kappa shape index (κ2) is 17.2. The smallest absolute Gasteiger partial charge is 0.195 e. The lowest BCUT2D eigenvalue weighted by atomic mass is 9.94. The number of aryl methyl sites for hydroxylation is 1. The molecule has 0 fully saturated rings. The van der Waals surface area contributed by atoms with Crippen LogP contribution >= 0.6 is 11.6 Å². The molecule has 0 radical (unpaired) electrons. The number of hydrogen-bond donors (Lipinski definition) is 1. The lowest BCUT2D eigenvalue weighted by Gasteiger charge is -2.08. The number of benzene rings is 2. The number of carbonyl (C=O) groups excluding carboxylic acids is 1. The molecule has 3 rings (SSSR count). The van der Waals surface area contributed by atoms with Crippen LogP contribution < -0.4 is 0 Å². The summed E-state index contributed by atoms with van der Waals surface area (Å²) >= 11 is 6.11. The van der Waals surface area contributed by atoms with Crippen LogP contribution in [-0.2, 0) is 6.42 Å². The van der Waals surface area contributed by atoms with E-state index >= 15 is 0 Å². The van der Waals surface area contributed by atoms with E-state index in [2.05, 4.69) is 11.9 Å². The lowest BCUT2D eigenvalue weighted by molar-refractivity contribution is 0.103. The Morgan fingerprint density at radius 2 is 1.19 bits per heavy atom. The monoisotopic (exact) mass is 519 g/mol. The van der Waals surface area contributed by atoms with Gasteiger partial charge in [-0.1, -0.05) is 151 Å². The largest absolute Gasteiger partial charge is 0.364 e. The first-order valence-corrected chi connectivity index (χ1v) is 15.1. The quantitative estimate of drug-likeness (QED) is 0.124. The van der Waals surface area contributed by atoms with Crippen molar-refractivity contribution in [1.29, 1.82) is 0 Å². The van der Waals surface area contributed by atoms with Crippen molar-refractivity contribution in [2.24, 2.45) is 0 Å². The molecule has 1 heterocycles. The molecule has 0 unspecified atom stereocenters. The maximum absolute atomic E-state index is 13.5. The molecule has 1 N–H and O–H groups in total. The van der Waals surface area contributed by atoms with Crippen LogP contribution in [0.3, 0.4) is 0 Å². The van der Waals surface area contributed by atoms with E-state index in [0.29, 0.717) is 5.02 Å². The molecule has 0 aliphatic carbocycles. The van der Waals surface area contributed by atoms with Gasteiger partial charge in [-0.05, 0) is 30.5 Å². The molecule has 0 saturated heterocycles. The number of ketones is 1. The van der Waals surface area contributed by atoms with Crippen LogP contribution in [0.4, 0.5) is 0 Å². The highest BCUT2D eigenvalue weighted by atomic mass is 35.5. The van der Waals surface area contributed by atoms with Crippen LogP contribution in [0.5, 0.6) is 0 Å². The zero-order valence-electron chi connectivity index (χ0n) is 22.9. The van der Waals surface area contributed by atoms with Crippen LogP contribution in [0.1, 0.15) is 125 Å². The van der Waals surface area contributed by atoms with E-state index in [1.54, 1.807) is 0 Å². The van der Waals surface area contributed by atoms with E-state index in [1.165, 1.54) is 89.9 Å². The first-order valence-electron chi connectivity index (χ1n) is 14.8. The van der Waals surface area contributed by atoms with Gasteiger partial charge in [0.25, 0.3) is 0 Å². The normalized spacial score (nSPS) is 11.2. The SMILES string of the molecule is CCCCCCCCCCCCCCCCCc1[nH]cc(-c2ccc(Cl)cc2)c1C(=O)c1ccccc1. The van der Waals surface area contributed by atoms with Crippen molar-refractivity contribution in [3.63, 3.8) is 0 Å². The highest BCUT2D eigenvalue weighted by Gasteiger charge is 2.20. The van der Waals surface area contributed by atoms with Gasteiger partial charge in [-0.15, -0.1) is 0 Å². The summed E-state index contributed by atoms with van der Waals surface area (Å²) in [5, 5.41) is 0.702. The summed E-state index contributed by atoms with van der Waals surface area (Å²) < 4.78 is 0. The highest BCUT2D eigenvalue weighted by Crippen LogP contribution is 2.30. The first-order chi connectivity index (χ1) is 18.2. The molecule has 200 valence electrons. The van der Waals surface area contributed by atoms with Crippen molar-refractivity contribution in [3.05, 3.63) is 82.6 Å². The van der Waals surface area contributed by atoms with Crippen molar-refractivity contribution >= 4 is 17.4 Å². The molecule has 0 bridgehead atoms. The number of H-pyrrole nitrogens is 1. The predicted octanol–water partition coefficient (Wildman–Crippen LogP) is 11.0. The Kier molecular flexibility index (Phi) is 13.6. The highest BCUT2D eigenvalue weighted by molar-refractivity contribution is 6.30. The lowest BCUT2D eigenvalue weighted by Crippen LogP contribution is -2.05. The molecule has 0 atom stereocenters. The minimum Gasteiger partial charge on any atom is -0.364 e. The number of aromatic nitrogens is 1. The van der Waals surface area contributed by atoms with Crippen LogP contribution in [-0.4, -0.2) is 10.8 Å². The standard InChI is InChI=1S/C34H46ClNO/c1-2-3-4-5-6-7-8-9-10-11-12-13-14-15-19-22-32-33(34(37)29-20-17-16-18-21-29)31(27-36-32)28-23-25-30(35)26-24-28/h16-18,20-21,23-27,36H,2-15,19,22H2,1H3. The van der Waals surface area contributed by atoms with Gasteiger partial charge in [0, 0.05) is 28.0 Å². The Morgan fingerprint density at radius 1 is 0.676 bits per heavy atom. The second-order valence-corrected chi connectivity index (χ2v) is 10.9. The molecule has 1 aromatic heterocycles. The van der Waals surface area contributed by atoms with Crippen LogP contribution in [0.15, 0.2) is 60.8 Å². The van der Waals surface area contributed by atoms with Gasteiger partial charge in [-0.3, -0.25) is 4.79 Å². The fourth-order valence-corrected chi connectivity index (χ4v) is 5.31. The molecule has 2 aromatic carbocycles. The maximum Gasteiger partial charge on any atom is 0.195 e. The van der Waals surface area contributed by atoms with Crippen LogP contribution in [0, 0.1) is 0 Å². The van der Waals surface area contributed by atoms with Gasteiger partial charge in [0.05, 0.1) is 5.56 Å². The van der Waals surface area contributed by atoms with Crippen LogP contribution in [0.2, 0.25) is 5.02 Å². The molecule has 37 heavy (non-hydrogen) atoms. The van der Waals surface area contributed by atoms with Gasteiger partial charge in [-0.25, -0.2) is 0 Å². The molecular formula is C34H46ClNO. The molecule has 3 aromatic rings. The third-order valence-corrected chi connectivity index (χ3v) is 7.66. The fraction of sp³-hybridized carbons (Fsp3) is 0.500. The van der Waals surface area contributed by atoms with Crippen molar-refractivity contribution in [3.8, 4) is 11.1 Å². The van der Waals surface area contributed by atoms with Crippen LogP contribution in [0.25, 0.3) is 11.1 Å². The van der Waals surface area contributed by atoms with Gasteiger partial charge in [0.15, 0.2) is 5.78 Å². The Hall–Kier alpha value is -2.32. The Morgan fingerprint density at radius 3 is 1.73 bits per heavy atom. The van der Waals surface area contributed by atoms with Gasteiger partial charge in [-0.2, -0.15) is 0 Å². The summed E-state index contributed by atoms with van der Waals surface area (Å²) in [5.74, 6) is 0.0859. The average Bonchev–Trinajstić information content (AvgIpc) is 3.35. The van der Waals surface area contributed by atoms with Gasteiger partial charge < -0.3 is 4.98 Å². The van der Waals surface area contributed by atoms with E-state index in [1.807, 2.05) is 60.8 Å². The summed E-state index contributed by atoms with van der Waals surface area (Å²) in [6.07, 6.45) is 23.2. The third-order valence-electron chi connectivity index (χ3n) is 7.41. The van der Waals surface area contributed by atoms with Crippen molar-refractivity contribution in [1.82, 2.24) is 4.98 Å². The van der Waals surface area contributed by atoms with Crippen molar-refractivity contribution in [2.45, 2.75) is 110 Å². The maximum atomic E-state index is 13.5. The average molecular weight is 520 g/mol. The molecule has 0 aliphatic heterocycles. The van der Waals surface area contributed by atoms with E-state index in [-0.39, 0.29) is 5.78 Å². The Balaban J connectivity index is 1.40. The number of carbonyl (C=O) groups is 1. The molecular weight excluding hydrogens is 474 g/mol. The summed E-state index contributed by atoms with van der Waals surface area (Å²) in [4.78, 5) is 16.9. The molecule has 0 saturated carbocycles. The molecule has 0 amide bonds. The molecule has 3 heteroatoms. The predicted molar refractivity (Wildman–Crippen MR) is 160 cm³/mol. The number of aromatic amines is 1. The zero-order chi connectivity index (χ0) is 26.1. The van der Waals surface area contributed by atoms with Crippen molar-refractivity contribution in [2.75, 3.05) is 0 Å². The Bertz CT molecular complexity index is 1020. The number of hydrogen-bond acceptors (Lipinski definition) is 1. The van der Waals surface area contributed by atoms with E-state index in [9.17, 15) is 4.79 Å². The summed E-state index contributed by atoms with van der Waals surface area (Å²) in [7, 11) is 0. The summed E-state index contributed by atoms with van der Waals surface area (Å²) in [6.45, 7) is 2.28.